The van der Waals surface area contributed by atoms with E-state index < -0.39 is 11.7 Å². The lowest BCUT2D eigenvalue weighted by molar-refractivity contribution is -0.137. The Morgan fingerprint density at radius 2 is 1.74 bits per heavy atom. The van der Waals surface area contributed by atoms with E-state index in [9.17, 15) is 13.2 Å². The van der Waals surface area contributed by atoms with Crippen LogP contribution >= 0.6 is 24.0 Å². The van der Waals surface area contributed by atoms with Crippen molar-refractivity contribution in [3.8, 4) is 0 Å². The molecule has 1 aromatic rings. The number of hydrogen-bond acceptors (Lipinski definition) is 2. The molecular formula is C13H14F3NS2. The van der Waals surface area contributed by atoms with Crippen molar-refractivity contribution in [3.05, 3.63) is 35.4 Å². The van der Waals surface area contributed by atoms with Crippen LogP contribution < -0.4 is 0 Å². The zero-order valence-electron chi connectivity index (χ0n) is 10.2. The summed E-state index contributed by atoms with van der Waals surface area (Å²) in [4.78, 5) is 2.16. The molecule has 1 saturated heterocycles. The maximum atomic E-state index is 12.4. The fourth-order valence-corrected chi connectivity index (χ4v) is 3.13. The van der Waals surface area contributed by atoms with E-state index in [4.69, 9.17) is 12.2 Å². The highest BCUT2D eigenvalue weighted by molar-refractivity contribution is 8.22. The summed E-state index contributed by atoms with van der Waals surface area (Å²) < 4.78 is 38.1. The van der Waals surface area contributed by atoms with Crippen LogP contribution in [-0.2, 0) is 11.9 Å². The van der Waals surface area contributed by atoms with Crippen LogP contribution in [0, 0.1) is 0 Å². The largest absolute Gasteiger partial charge is 0.416 e. The normalized spacial score (nSPS) is 15.8. The number of rotatable bonds is 2. The van der Waals surface area contributed by atoms with Crippen LogP contribution in [0.4, 0.5) is 13.2 Å². The third kappa shape index (κ3) is 4.11. The Morgan fingerprint density at radius 1 is 1.16 bits per heavy atom. The predicted molar refractivity (Wildman–Crippen MR) is 76.1 cm³/mol. The molecule has 1 aromatic carbocycles. The van der Waals surface area contributed by atoms with Crippen molar-refractivity contribution in [2.24, 2.45) is 0 Å². The molecule has 0 spiro atoms. The Balaban J connectivity index is 1.87. The van der Waals surface area contributed by atoms with Gasteiger partial charge in [0.25, 0.3) is 0 Å². The van der Waals surface area contributed by atoms with E-state index in [2.05, 4.69) is 4.90 Å². The molecule has 0 amide bonds. The molecule has 104 valence electrons. The molecular weight excluding hydrogens is 291 g/mol. The third-order valence-corrected chi connectivity index (χ3v) is 4.60. The van der Waals surface area contributed by atoms with Crippen LogP contribution in [0.25, 0.3) is 0 Å². The van der Waals surface area contributed by atoms with Crippen LogP contribution in [0.2, 0.25) is 0 Å². The van der Waals surface area contributed by atoms with Crippen molar-refractivity contribution < 1.29 is 13.2 Å². The Kier molecular flexibility index (Phi) is 4.73. The molecule has 0 atom stereocenters. The monoisotopic (exact) mass is 305 g/mol. The zero-order chi connectivity index (χ0) is 13.9. The molecule has 0 N–H and O–H groups in total. The lowest BCUT2D eigenvalue weighted by atomic mass is 10.1. The van der Waals surface area contributed by atoms with Crippen molar-refractivity contribution in [3.63, 3.8) is 0 Å². The number of benzene rings is 1. The van der Waals surface area contributed by atoms with Crippen LogP contribution in [0.1, 0.15) is 24.0 Å². The summed E-state index contributed by atoms with van der Waals surface area (Å²) in [6.07, 6.45) is -1.93. The van der Waals surface area contributed by atoms with Gasteiger partial charge in [-0.25, -0.2) is 0 Å². The Hall–Kier alpha value is -0.750. The van der Waals surface area contributed by atoms with Crippen molar-refractivity contribution in [2.75, 3.05) is 13.1 Å². The molecule has 1 aliphatic rings. The maximum absolute atomic E-state index is 12.4. The Morgan fingerprint density at radius 3 is 2.26 bits per heavy atom. The van der Waals surface area contributed by atoms with Gasteiger partial charge in [-0.2, -0.15) is 13.2 Å². The van der Waals surface area contributed by atoms with Crippen LogP contribution in [0.5, 0.6) is 0 Å². The fraction of sp³-hybridized carbons (Fsp3) is 0.462. The van der Waals surface area contributed by atoms with E-state index in [-0.39, 0.29) is 0 Å². The highest BCUT2D eigenvalue weighted by Gasteiger charge is 2.29. The summed E-state index contributed by atoms with van der Waals surface area (Å²) in [6.45, 7) is 2.00. The summed E-state index contributed by atoms with van der Waals surface area (Å²) >= 11 is 6.82. The second kappa shape index (κ2) is 6.13. The number of hydrogen-bond donors (Lipinski definition) is 0. The zero-order valence-corrected chi connectivity index (χ0v) is 11.9. The van der Waals surface area contributed by atoms with E-state index in [0.29, 0.717) is 5.75 Å². The average Bonchev–Trinajstić information content (AvgIpc) is 2.89. The van der Waals surface area contributed by atoms with E-state index in [1.165, 1.54) is 36.7 Å². The molecule has 19 heavy (non-hydrogen) atoms. The molecule has 6 heteroatoms. The molecule has 0 bridgehead atoms. The molecule has 0 aliphatic carbocycles. The molecule has 1 aliphatic heterocycles. The predicted octanol–water partition coefficient (Wildman–Crippen LogP) is 4.32. The number of likely N-dealkylation sites (tertiary alicyclic amines) is 1. The highest BCUT2D eigenvalue weighted by Crippen LogP contribution is 2.29. The minimum Gasteiger partial charge on any atom is -0.358 e. The lowest BCUT2D eigenvalue weighted by Crippen LogP contribution is -2.23. The average molecular weight is 305 g/mol. The molecule has 0 aromatic heterocycles. The van der Waals surface area contributed by atoms with Gasteiger partial charge in [-0.15, -0.1) is 0 Å². The Bertz CT molecular complexity index is 436. The number of thiocarbonyl (C=S) groups is 1. The Labute approximate surface area is 120 Å². The SMILES string of the molecule is FC(F)(F)c1ccc(CSC(=S)N2CCCC2)cc1. The first-order valence-electron chi connectivity index (χ1n) is 6.04. The second-order valence-corrected chi connectivity index (χ2v) is 6.05. The first-order valence-corrected chi connectivity index (χ1v) is 7.44. The number of halogens is 3. The van der Waals surface area contributed by atoms with Crippen molar-refractivity contribution >= 4 is 28.3 Å². The summed E-state index contributed by atoms with van der Waals surface area (Å²) in [5.41, 5.74) is 0.253. The smallest absolute Gasteiger partial charge is 0.358 e. The van der Waals surface area contributed by atoms with E-state index >= 15 is 0 Å². The molecule has 1 fully saturated rings. The molecule has 0 unspecified atom stereocenters. The second-order valence-electron chi connectivity index (χ2n) is 4.44. The van der Waals surface area contributed by atoms with Gasteiger partial charge in [0, 0.05) is 18.8 Å². The number of thioether (sulfide) groups is 1. The minimum atomic E-state index is -4.27. The van der Waals surface area contributed by atoms with Gasteiger partial charge >= 0.3 is 6.18 Å². The first kappa shape index (κ1) is 14.7. The summed E-state index contributed by atoms with van der Waals surface area (Å²) in [5.74, 6) is 0.619. The van der Waals surface area contributed by atoms with Gasteiger partial charge in [0.15, 0.2) is 0 Å². The van der Waals surface area contributed by atoms with Crippen molar-refractivity contribution in [1.29, 1.82) is 0 Å². The van der Waals surface area contributed by atoms with Crippen LogP contribution in [0.15, 0.2) is 24.3 Å². The fourth-order valence-electron chi connectivity index (χ4n) is 1.93. The minimum absolute atomic E-state index is 0.608. The molecule has 1 nitrogen and oxygen atoms in total. The van der Waals surface area contributed by atoms with Crippen molar-refractivity contribution in [1.82, 2.24) is 4.90 Å². The van der Waals surface area contributed by atoms with Crippen molar-refractivity contribution in [2.45, 2.75) is 24.8 Å². The van der Waals surface area contributed by atoms with Gasteiger partial charge < -0.3 is 4.90 Å². The highest BCUT2D eigenvalue weighted by atomic mass is 32.2. The van der Waals surface area contributed by atoms with Crippen LogP contribution in [0.3, 0.4) is 0 Å². The topological polar surface area (TPSA) is 3.24 Å². The first-order chi connectivity index (χ1) is 8.97. The number of nitrogens with zero attached hydrogens (tertiary/aromatic N) is 1. The number of alkyl halides is 3. The molecule has 1 heterocycles. The maximum Gasteiger partial charge on any atom is 0.416 e. The van der Waals surface area contributed by atoms with Gasteiger partial charge in [0.05, 0.1) is 5.56 Å². The summed E-state index contributed by atoms with van der Waals surface area (Å²) in [5, 5.41) is 0. The van der Waals surface area contributed by atoms with Gasteiger partial charge in [-0.1, -0.05) is 36.1 Å². The summed E-state index contributed by atoms with van der Waals surface area (Å²) in [7, 11) is 0. The van der Waals surface area contributed by atoms with Crippen LogP contribution in [-0.4, -0.2) is 22.3 Å². The molecule has 0 saturated carbocycles. The van der Waals surface area contributed by atoms with E-state index in [1.807, 2.05) is 0 Å². The molecule has 2 rings (SSSR count). The van der Waals surface area contributed by atoms with E-state index in [1.54, 1.807) is 0 Å². The standard InChI is InChI=1S/C13H14F3NS2/c14-13(15,16)11-5-3-10(4-6-11)9-19-12(18)17-7-1-2-8-17/h3-6H,1-2,7-9H2. The quantitative estimate of drug-likeness (QED) is 0.749. The lowest BCUT2D eigenvalue weighted by Gasteiger charge is -2.17. The van der Waals surface area contributed by atoms with Gasteiger partial charge in [-0.05, 0) is 30.5 Å². The molecule has 0 radical (unpaired) electrons. The third-order valence-electron chi connectivity index (χ3n) is 3.01. The van der Waals surface area contributed by atoms with Gasteiger partial charge in [-0.3, -0.25) is 0 Å². The van der Waals surface area contributed by atoms with Gasteiger partial charge in [0.1, 0.15) is 4.32 Å². The van der Waals surface area contributed by atoms with Gasteiger partial charge in [0.2, 0.25) is 0 Å². The van der Waals surface area contributed by atoms with E-state index in [0.717, 1.165) is 35.1 Å². The summed E-state index contributed by atoms with van der Waals surface area (Å²) in [6, 6.07) is 5.27.